The lowest BCUT2D eigenvalue weighted by molar-refractivity contribution is 0.172. The highest BCUT2D eigenvalue weighted by Crippen LogP contribution is 2.29. The number of nitrogens with zero attached hydrogens (tertiary/aromatic N) is 3. The Balaban J connectivity index is 1.48. The highest BCUT2D eigenvalue weighted by molar-refractivity contribution is 5.80. The number of aliphatic imine (C=N–C) groups is 1. The highest BCUT2D eigenvalue weighted by Gasteiger charge is 2.34. The second-order valence-corrected chi connectivity index (χ2v) is 6.26. The predicted octanol–water partition coefficient (Wildman–Crippen LogP) is 1.79. The average molecular weight is 286 g/mol. The number of hydrogen-bond donors (Lipinski definition) is 1. The van der Waals surface area contributed by atoms with Crippen molar-refractivity contribution in [2.45, 2.75) is 25.9 Å². The molecule has 0 radical (unpaired) electrons. The molecule has 1 aromatic carbocycles. The van der Waals surface area contributed by atoms with E-state index in [0.717, 1.165) is 44.6 Å². The molecule has 0 aromatic heterocycles. The molecule has 4 nitrogen and oxygen atoms in total. The molecule has 3 rings (SSSR count). The van der Waals surface area contributed by atoms with E-state index < -0.39 is 0 Å². The van der Waals surface area contributed by atoms with Crippen molar-refractivity contribution in [2.24, 2.45) is 10.9 Å². The molecule has 1 heterocycles. The summed E-state index contributed by atoms with van der Waals surface area (Å²) in [4.78, 5) is 9.37. The Hall–Kier alpha value is -1.55. The number of benzene rings is 1. The van der Waals surface area contributed by atoms with Crippen molar-refractivity contribution in [1.82, 2.24) is 15.1 Å². The zero-order chi connectivity index (χ0) is 14.7. The van der Waals surface area contributed by atoms with Gasteiger partial charge in [-0.05, 0) is 17.9 Å². The van der Waals surface area contributed by atoms with Gasteiger partial charge in [0.1, 0.15) is 0 Å². The van der Waals surface area contributed by atoms with E-state index in [1.807, 2.05) is 7.05 Å². The van der Waals surface area contributed by atoms with Gasteiger partial charge in [-0.1, -0.05) is 37.3 Å². The van der Waals surface area contributed by atoms with E-state index in [1.165, 1.54) is 12.0 Å². The topological polar surface area (TPSA) is 30.9 Å². The Kier molecular flexibility index (Phi) is 4.44. The molecule has 2 unspecified atom stereocenters. The van der Waals surface area contributed by atoms with Crippen molar-refractivity contribution < 1.29 is 0 Å². The molecule has 0 amide bonds. The fraction of sp³-hybridized carbons (Fsp3) is 0.588. The summed E-state index contributed by atoms with van der Waals surface area (Å²) in [5.74, 6) is 1.89. The molecule has 1 N–H and O–H groups in total. The van der Waals surface area contributed by atoms with Crippen LogP contribution in [-0.2, 0) is 6.54 Å². The van der Waals surface area contributed by atoms with Gasteiger partial charge >= 0.3 is 0 Å². The fourth-order valence-corrected chi connectivity index (χ4v) is 2.95. The lowest BCUT2D eigenvalue weighted by Gasteiger charge is -2.36. The van der Waals surface area contributed by atoms with Crippen molar-refractivity contribution >= 4 is 5.96 Å². The van der Waals surface area contributed by atoms with Crippen molar-refractivity contribution in [1.29, 1.82) is 0 Å². The molecule has 0 bridgehead atoms. The maximum atomic E-state index is 4.45. The Labute approximate surface area is 127 Å². The van der Waals surface area contributed by atoms with Crippen molar-refractivity contribution in [3.63, 3.8) is 0 Å². The second-order valence-electron chi connectivity index (χ2n) is 6.26. The molecule has 1 saturated carbocycles. The van der Waals surface area contributed by atoms with Crippen LogP contribution in [0.15, 0.2) is 35.3 Å². The summed E-state index contributed by atoms with van der Waals surface area (Å²) < 4.78 is 0. The van der Waals surface area contributed by atoms with Crippen molar-refractivity contribution in [3.8, 4) is 0 Å². The molecule has 0 spiro atoms. The van der Waals surface area contributed by atoms with Crippen LogP contribution in [0.1, 0.15) is 18.9 Å². The Morgan fingerprint density at radius 2 is 1.86 bits per heavy atom. The van der Waals surface area contributed by atoms with Crippen LogP contribution in [0.4, 0.5) is 0 Å². The summed E-state index contributed by atoms with van der Waals surface area (Å²) in [5.41, 5.74) is 1.40. The van der Waals surface area contributed by atoms with E-state index in [2.05, 4.69) is 57.4 Å². The third kappa shape index (κ3) is 3.76. The highest BCUT2D eigenvalue weighted by atomic mass is 15.4. The first kappa shape index (κ1) is 14.4. The zero-order valence-corrected chi connectivity index (χ0v) is 13.1. The largest absolute Gasteiger partial charge is 0.353 e. The molecule has 21 heavy (non-hydrogen) atoms. The molecule has 1 saturated heterocycles. The minimum atomic E-state index is 0.644. The maximum absolute atomic E-state index is 4.45. The molecule has 1 aromatic rings. The van der Waals surface area contributed by atoms with E-state index in [0.29, 0.717) is 6.04 Å². The summed E-state index contributed by atoms with van der Waals surface area (Å²) >= 11 is 0. The second kappa shape index (κ2) is 6.48. The quantitative estimate of drug-likeness (QED) is 0.679. The van der Waals surface area contributed by atoms with E-state index in [9.17, 15) is 0 Å². The Morgan fingerprint density at radius 3 is 2.43 bits per heavy atom. The number of guanidine groups is 1. The minimum absolute atomic E-state index is 0.644. The van der Waals surface area contributed by atoms with Crippen LogP contribution >= 0.6 is 0 Å². The van der Waals surface area contributed by atoms with Gasteiger partial charge in [0, 0.05) is 45.8 Å². The van der Waals surface area contributed by atoms with Gasteiger partial charge in [-0.15, -0.1) is 0 Å². The van der Waals surface area contributed by atoms with Gasteiger partial charge in [0.05, 0.1) is 0 Å². The molecular weight excluding hydrogens is 260 g/mol. The van der Waals surface area contributed by atoms with Crippen LogP contribution in [0.3, 0.4) is 0 Å². The maximum Gasteiger partial charge on any atom is 0.193 e. The standard InChI is InChI=1S/C17H26N4/c1-14-12-16(14)19-17(18-2)21-10-8-20(9-11-21)13-15-6-4-3-5-7-15/h3-7,14,16H,8-13H2,1-2H3,(H,18,19). The molecule has 2 aliphatic rings. The van der Waals surface area contributed by atoms with Crippen molar-refractivity contribution in [2.75, 3.05) is 33.2 Å². The summed E-state index contributed by atoms with van der Waals surface area (Å²) in [6.45, 7) is 7.69. The van der Waals surface area contributed by atoms with Gasteiger partial charge in [0.2, 0.25) is 0 Å². The normalized spacial score (nSPS) is 26.8. The van der Waals surface area contributed by atoms with Gasteiger partial charge in [-0.25, -0.2) is 0 Å². The number of rotatable bonds is 3. The molecule has 4 heteroatoms. The first-order valence-electron chi connectivity index (χ1n) is 8.01. The van der Waals surface area contributed by atoms with Gasteiger partial charge in [0.15, 0.2) is 5.96 Å². The van der Waals surface area contributed by atoms with Crippen molar-refractivity contribution in [3.05, 3.63) is 35.9 Å². The van der Waals surface area contributed by atoms with Crippen LogP contribution in [0, 0.1) is 5.92 Å². The molecule has 1 aliphatic carbocycles. The molecule has 2 fully saturated rings. The number of hydrogen-bond acceptors (Lipinski definition) is 2. The summed E-state index contributed by atoms with van der Waals surface area (Å²) in [7, 11) is 1.89. The summed E-state index contributed by atoms with van der Waals surface area (Å²) in [6.07, 6.45) is 1.28. The zero-order valence-electron chi connectivity index (χ0n) is 13.1. The van der Waals surface area contributed by atoms with E-state index in [4.69, 9.17) is 0 Å². The van der Waals surface area contributed by atoms with Gasteiger partial charge in [0.25, 0.3) is 0 Å². The lowest BCUT2D eigenvalue weighted by atomic mass is 10.2. The van der Waals surface area contributed by atoms with E-state index >= 15 is 0 Å². The average Bonchev–Trinajstić information content (AvgIpc) is 3.22. The van der Waals surface area contributed by atoms with Crippen LogP contribution in [0.5, 0.6) is 0 Å². The Bertz CT molecular complexity index is 477. The van der Waals surface area contributed by atoms with E-state index in [1.54, 1.807) is 0 Å². The summed E-state index contributed by atoms with van der Waals surface area (Å²) in [5, 5.41) is 3.58. The predicted molar refractivity (Wildman–Crippen MR) is 87.4 cm³/mol. The van der Waals surface area contributed by atoms with Crippen LogP contribution in [-0.4, -0.2) is 55.0 Å². The molecule has 1 aliphatic heterocycles. The third-order valence-electron chi connectivity index (χ3n) is 4.56. The molecular formula is C17H26N4. The SMILES string of the molecule is CN=C(NC1CC1C)N1CCN(Cc2ccccc2)CC1. The first-order chi connectivity index (χ1) is 10.3. The smallest absolute Gasteiger partial charge is 0.193 e. The van der Waals surface area contributed by atoms with E-state index in [-0.39, 0.29) is 0 Å². The monoisotopic (exact) mass is 286 g/mol. The van der Waals surface area contributed by atoms with Gasteiger partial charge in [-0.3, -0.25) is 9.89 Å². The summed E-state index contributed by atoms with van der Waals surface area (Å²) in [6, 6.07) is 11.4. The minimum Gasteiger partial charge on any atom is -0.353 e. The van der Waals surface area contributed by atoms with Gasteiger partial charge < -0.3 is 10.2 Å². The lowest BCUT2D eigenvalue weighted by Crippen LogP contribution is -2.52. The first-order valence-corrected chi connectivity index (χ1v) is 8.01. The molecule has 2 atom stereocenters. The van der Waals surface area contributed by atoms with Crippen LogP contribution in [0.25, 0.3) is 0 Å². The van der Waals surface area contributed by atoms with Gasteiger partial charge in [-0.2, -0.15) is 0 Å². The Morgan fingerprint density at radius 1 is 1.19 bits per heavy atom. The van der Waals surface area contributed by atoms with Crippen LogP contribution < -0.4 is 5.32 Å². The molecule has 114 valence electrons. The number of piperazine rings is 1. The van der Waals surface area contributed by atoms with Crippen LogP contribution in [0.2, 0.25) is 0 Å². The third-order valence-corrected chi connectivity index (χ3v) is 4.56. The number of nitrogens with one attached hydrogen (secondary N) is 1. The fourth-order valence-electron chi connectivity index (χ4n) is 2.95.